The summed E-state index contributed by atoms with van der Waals surface area (Å²) in [6.07, 6.45) is -1.60. The third-order valence-corrected chi connectivity index (χ3v) is 10.7. The molecule has 0 saturated carbocycles. The van der Waals surface area contributed by atoms with Gasteiger partial charge in [-0.1, -0.05) is 19.6 Å². The highest BCUT2D eigenvalue weighted by Crippen LogP contribution is 2.48. The quantitative estimate of drug-likeness (QED) is 0.159. The summed E-state index contributed by atoms with van der Waals surface area (Å²) >= 11 is 0.695. The van der Waals surface area contributed by atoms with E-state index in [-0.39, 0.29) is 68.0 Å². The average molecular weight is 700 g/mol. The monoisotopic (exact) mass is 699 g/mol. The van der Waals surface area contributed by atoms with Gasteiger partial charge in [0, 0.05) is 42.0 Å². The number of amides is 1. The number of carbonyl (C=O) groups is 1. The van der Waals surface area contributed by atoms with Crippen molar-refractivity contribution < 1.29 is 31.5 Å². The van der Waals surface area contributed by atoms with Crippen LogP contribution in [-0.2, 0) is 11.0 Å². The number of hydrogen-bond donors (Lipinski definition) is 1. The number of likely N-dealkylation sites (N-methyl/N-ethyl adjacent to an activating group) is 2. The highest BCUT2D eigenvalue weighted by atomic mass is 32.1. The van der Waals surface area contributed by atoms with E-state index in [9.17, 15) is 27.6 Å². The van der Waals surface area contributed by atoms with Crippen LogP contribution in [0.1, 0.15) is 44.2 Å². The van der Waals surface area contributed by atoms with Gasteiger partial charge in [-0.15, -0.1) is 11.3 Å². The largest absolute Gasteiger partial charge is 0.462 e. The first-order chi connectivity index (χ1) is 23.3. The molecule has 4 aromatic rings. The van der Waals surface area contributed by atoms with E-state index in [2.05, 4.69) is 21.4 Å². The molecule has 2 saturated heterocycles. The van der Waals surface area contributed by atoms with Crippen LogP contribution in [0.5, 0.6) is 6.01 Å². The Balaban J connectivity index is 1.59. The van der Waals surface area contributed by atoms with E-state index >= 15 is 4.39 Å². The third kappa shape index (κ3) is 5.90. The second-order valence-electron chi connectivity index (χ2n) is 12.3. The minimum atomic E-state index is -5.09. The zero-order valence-corrected chi connectivity index (χ0v) is 27.9. The summed E-state index contributed by atoms with van der Waals surface area (Å²) in [6, 6.07) is 3.59. The number of alkyl halides is 3. The van der Waals surface area contributed by atoms with Crippen LogP contribution in [0.4, 0.5) is 32.8 Å². The van der Waals surface area contributed by atoms with Gasteiger partial charge < -0.3 is 20.3 Å². The van der Waals surface area contributed by atoms with Crippen molar-refractivity contribution in [2.24, 2.45) is 0 Å². The first kappa shape index (κ1) is 34.3. The summed E-state index contributed by atoms with van der Waals surface area (Å²) < 4.78 is 82.7. The van der Waals surface area contributed by atoms with Gasteiger partial charge in [0.15, 0.2) is 5.82 Å². The summed E-state index contributed by atoms with van der Waals surface area (Å²) in [5.41, 5.74) is 2.65. The van der Waals surface area contributed by atoms with Crippen LogP contribution in [0.2, 0.25) is 0 Å². The molecule has 2 fully saturated rings. The number of carbonyl (C=O) groups excluding carboxylic acids is 1. The van der Waals surface area contributed by atoms with E-state index in [1.807, 2.05) is 19.9 Å². The summed E-state index contributed by atoms with van der Waals surface area (Å²) in [7, 11) is 1.63. The molecule has 6 rings (SSSR count). The van der Waals surface area contributed by atoms with Gasteiger partial charge in [-0.3, -0.25) is 9.69 Å². The second-order valence-corrected chi connectivity index (χ2v) is 13.3. The predicted molar refractivity (Wildman–Crippen MR) is 178 cm³/mol. The molecular weight excluding hydrogens is 665 g/mol. The lowest BCUT2D eigenvalue weighted by Crippen LogP contribution is -2.43. The van der Waals surface area contributed by atoms with Gasteiger partial charge in [-0.2, -0.15) is 28.4 Å². The maximum atomic E-state index is 17.0. The Hall–Kier alpha value is -4.55. The van der Waals surface area contributed by atoms with Crippen molar-refractivity contribution in [1.29, 1.82) is 5.26 Å². The van der Waals surface area contributed by atoms with Gasteiger partial charge in [-0.05, 0) is 63.0 Å². The molecule has 2 aromatic heterocycles. The zero-order valence-electron chi connectivity index (χ0n) is 27.1. The number of likely N-dealkylation sites (tertiary alicyclic amines) is 2. The SMILES string of the molecule is C=CC(=O)N1CCC(N(C)c2nc(OCC3CCCN3CC)nc3c(F)c(-c4ccc(F)c5sc(N)c(C#N)c45)c(C(F)(F)F)cc23)C1C. The molecule has 0 spiro atoms. The Morgan fingerprint density at radius 2 is 2.02 bits per heavy atom. The van der Waals surface area contributed by atoms with Crippen LogP contribution in [0.25, 0.3) is 32.1 Å². The molecule has 2 aliphatic heterocycles. The van der Waals surface area contributed by atoms with Crippen molar-refractivity contribution in [1.82, 2.24) is 19.8 Å². The molecule has 4 heterocycles. The number of fused-ring (bicyclic) bond motifs is 2. The van der Waals surface area contributed by atoms with Crippen molar-refractivity contribution in [3.63, 3.8) is 0 Å². The average Bonchev–Trinajstić information content (AvgIpc) is 3.79. The number of nitrogens with two attached hydrogens (primary N) is 1. The van der Waals surface area contributed by atoms with Gasteiger partial charge in [0.05, 0.1) is 21.9 Å². The first-order valence-electron chi connectivity index (χ1n) is 15.9. The summed E-state index contributed by atoms with van der Waals surface area (Å²) in [6.45, 7) is 9.64. The molecule has 2 N–H and O–H groups in total. The summed E-state index contributed by atoms with van der Waals surface area (Å²) in [4.78, 5) is 26.8. The number of aromatic nitrogens is 2. The predicted octanol–water partition coefficient (Wildman–Crippen LogP) is 6.74. The van der Waals surface area contributed by atoms with Crippen LogP contribution in [0, 0.1) is 23.0 Å². The van der Waals surface area contributed by atoms with Crippen LogP contribution in [0.15, 0.2) is 30.9 Å². The molecule has 3 atom stereocenters. The number of hydrogen-bond acceptors (Lipinski definition) is 9. The Bertz CT molecular complexity index is 2010. The second kappa shape index (κ2) is 13.1. The summed E-state index contributed by atoms with van der Waals surface area (Å²) in [5.74, 6) is -2.45. The molecule has 0 aliphatic carbocycles. The number of ether oxygens (including phenoxy) is 1. The van der Waals surface area contributed by atoms with Crippen LogP contribution in [-0.4, -0.2) is 77.1 Å². The number of halogens is 5. The van der Waals surface area contributed by atoms with Gasteiger partial charge >= 0.3 is 12.2 Å². The Labute approximate surface area is 283 Å². The van der Waals surface area contributed by atoms with Gasteiger partial charge in [-0.25, -0.2) is 8.78 Å². The van der Waals surface area contributed by atoms with E-state index in [1.165, 1.54) is 6.08 Å². The molecule has 0 bridgehead atoms. The standard InChI is InChI=1S/C34H34F5N7O2S/c1-5-25(47)46-13-11-24(17(46)3)44(4)32-20-14-22(34(37,38)39)27(19-9-10-23(35)30-26(19)21(15-40)31(41)49-30)28(36)29(20)42-33(43-32)48-16-18-8-7-12-45(18)6-2/h5,9-10,14,17-18,24H,1,6-8,11-13,16,41H2,2-4H3. The molecule has 2 aliphatic rings. The molecule has 258 valence electrons. The van der Waals surface area contributed by atoms with Crippen molar-refractivity contribution >= 4 is 49.1 Å². The summed E-state index contributed by atoms with van der Waals surface area (Å²) in [5, 5.41) is 9.25. The molecule has 1 amide bonds. The molecular formula is C34H34F5N7O2S. The van der Waals surface area contributed by atoms with E-state index in [4.69, 9.17) is 10.5 Å². The van der Waals surface area contributed by atoms with Crippen LogP contribution < -0.4 is 15.4 Å². The minimum absolute atomic E-state index is 0.0128. The van der Waals surface area contributed by atoms with Crippen molar-refractivity contribution in [2.45, 2.75) is 57.4 Å². The number of thiophene rings is 1. The van der Waals surface area contributed by atoms with Crippen molar-refractivity contribution in [2.75, 3.05) is 43.9 Å². The minimum Gasteiger partial charge on any atom is -0.462 e. The number of nitrogens with zero attached hydrogens (tertiary/aromatic N) is 6. The van der Waals surface area contributed by atoms with E-state index in [1.54, 1.807) is 16.8 Å². The number of nitriles is 1. The first-order valence-corrected chi connectivity index (χ1v) is 16.7. The van der Waals surface area contributed by atoms with E-state index < -0.39 is 40.5 Å². The Kier molecular flexibility index (Phi) is 9.14. The number of benzene rings is 2. The fourth-order valence-electron chi connectivity index (χ4n) is 7.22. The Morgan fingerprint density at radius 3 is 2.69 bits per heavy atom. The molecule has 2 aromatic carbocycles. The highest BCUT2D eigenvalue weighted by Gasteiger charge is 2.40. The van der Waals surface area contributed by atoms with Gasteiger partial charge in [0.25, 0.3) is 0 Å². The molecule has 15 heteroatoms. The molecule has 0 radical (unpaired) electrons. The fourth-order valence-corrected chi connectivity index (χ4v) is 8.17. The third-order valence-electron chi connectivity index (χ3n) is 9.71. The smallest absolute Gasteiger partial charge is 0.417 e. The number of rotatable bonds is 8. The van der Waals surface area contributed by atoms with Crippen LogP contribution >= 0.6 is 11.3 Å². The maximum absolute atomic E-state index is 17.0. The van der Waals surface area contributed by atoms with E-state index in [0.29, 0.717) is 24.3 Å². The van der Waals surface area contributed by atoms with Crippen LogP contribution in [0.3, 0.4) is 0 Å². The van der Waals surface area contributed by atoms with E-state index in [0.717, 1.165) is 44.1 Å². The van der Waals surface area contributed by atoms with Crippen molar-refractivity contribution in [3.8, 4) is 23.2 Å². The highest BCUT2D eigenvalue weighted by molar-refractivity contribution is 7.23. The lowest BCUT2D eigenvalue weighted by molar-refractivity contribution is -0.137. The number of anilines is 2. The van der Waals surface area contributed by atoms with Gasteiger partial charge in [0.1, 0.15) is 34.8 Å². The fraction of sp³-hybridized carbons (Fsp3) is 0.412. The van der Waals surface area contributed by atoms with Gasteiger partial charge in [0.2, 0.25) is 5.91 Å². The molecule has 3 unspecified atom stereocenters. The lowest BCUT2D eigenvalue weighted by Gasteiger charge is -2.32. The topological polar surface area (TPSA) is 112 Å². The number of nitrogen functional groups attached to an aromatic ring is 1. The lowest BCUT2D eigenvalue weighted by atomic mass is 9.92. The molecule has 49 heavy (non-hydrogen) atoms. The Morgan fingerprint density at radius 1 is 1.27 bits per heavy atom. The van der Waals surface area contributed by atoms with Crippen molar-refractivity contribution in [3.05, 3.63) is 53.6 Å². The normalized spacial score (nSPS) is 19.9. The molecule has 9 nitrogen and oxygen atoms in total. The zero-order chi connectivity index (χ0) is 35.4. The maximum Gasteiger partial charge on any atom is 0.417 e.